The van der Waals surface area contributed by atoms with E-state index in [2.05, 4.69) is 33.5 Å². The number of nitrogens with zero attached hydrogens (tertiary/aromatic N) is 2. The number of likely N-dealkylation sites (N-methyl/N-ethyl adjacent to an activating group) is 1. The molecule has 2 aromatic carbocycles. The standard InChI is InChI=1S/C19H23FN4O/c1-14-13-15(24-11-9-23(2)10-12-24)7-8-17(14)21-19(25)22-18-6-4-3-5-16(18)20/h3-8,13H,9-12H2,1-2H3,(H2,21,22,25). The number of hydrogen-bond acceptors (Lipinski definition) is 3. The van der Waals surface area contributed by atoms with E-state index in [9.17, 15) is 9.18 Å². The summed E-state index contributed by atoms with van der Waals surface area (Å²) < 4.78 is 13.6. The number of para-hydroxylation sites is 1. The van der Waals surface area contributed by atoms with Crippen LogP contribution in [0.3, 0.4) is 0 Å². The quantitative estimate of drug-likeness (QED) is 0.897. The maximum Gasteiger partial charge on any atom is 0.323 e. The minimum Gasteiger partial charge on any atom is -0.369 e. The molecule has 132 valence electrons. The van der Waals surface area contributed by atoms with E-state index in [1.807, 2.05) is 19.1 Å². The molecule has 0 radical (unpaired) electrons. The maximum atomic E-state index is 13.6. The van der Waals surface area contributed by atoms with Crippen molar-refractivity contribution in [1.82, 2.24) is 4.90 Å². The molecule has 2 N–H and O–H groups in total. The molecule has 1 saturated heterocycles. The van der Waals surface area contributed by atoms with Crippen molar-refractivity contribution >= 4 is 23.1 Å². The molecule has 3 rings (SSSR count). The molecule has 0 aliphatic carbocycles. The Morgan fingerprint density at radius 2 is 1.68 bits per heavy atom. The third-order valence-corrected chi connectivity index (χ3v) is 4.45. The minimum atomic E-state index is -0.459. The fraction of sp³-hybridized carbons (Fsp3) is 0.316. The van der Waals surface area contributed by atoms with Crippen LogP contribution in [0.4, 0.5) is 26.2 Å². The van der Waals surface area contributed by atoms with Crippen LogP contribution in [0.25, 0.3) is 0 Å². The van der Waals surface area contributed by atoms with Crippen molar-refractivity contribution in [3.05, 3.63) is 53.8 Å². The predicted octanol–water partition coefficient (Wildman–Crippen LogP) is 3.53. The first kappa shape index (κ1) is 17.2. The molecule has 1 heterocycles. The van der Waals surface area contributed by atoms with Gasteiger partial charge in [-0.1, -0.05) is 12.1 Å². The monoisotopic (exact) mass is 342 g/mol. The summed E-state index contributed by atoms with van der Waals surface area (Å²) in [5.41, 5.74) is 3.00. The highest BCUT2D eigenvalue weighted by molar-refractivity contribution is 6.00. The Labute approximate surface area is 147 Å². The average molecular weight is 342 g/mol. The van der Waals surface area contributed by atoms with Crippen molar-refractivity contribution in [3.63, 3.8) is 0 Å². The lowest BCUT2D eigenvalue weighted by molar-refractivity contribution is 0.262. The summed E-state index contributed by atoms with van der Waals surface area (Å²) in [6.45, 7) is 6.04. The predicted molar refractivity (Wildman–Crippen MR) is 99.9 cm³/mol. The molecule has 1 aliphatic rings. The van der Waals surface area contributed by atoms with Crippen molar-refractivity contribution in [2.45, 2.75) is 6.92 Å². The first-order chi connectivity index (χ1) is 12.0. The molecule has 6 heteroatoms. The summed E-state index contributed by atoms with van der Waals surface area (Å²) in [4.78, 5) is 16.8. The van der Waals surface area contributed by atoms with Gasteiger partial charge in [-0.15, -0.1) is 0 Å². The van der Waals surface area contributed by atoms with Gasteiger partial charge in [-0.3, -0.25) is 0 Å². The fourth-order valence-electron chi connectivity index (χ4n) is 2.89. The summed E-state index contributed by atoms with van der Waals surface area (Å²) in [5.74, 6) is -0.459. The van der Waals surface area contributed by atoms with Crippen LogP contribution in [0.15, 0.2) is 42.5 Å². The number of benzene rings is 2. The second kappa shape index (κ2) is 7.53. The van der Waals surface area contributed by atoms with Crippen LogP contribution in [-0.2, 0) is 0 Å². The Morgan fingerprint density at radius 3 is 2.36 bits per heavy atom. The Hall–Kier alpha value is -2.60. The summed E-state index contributed by atoms with van der Waals surface area (Å²) in [6, 6.07) is 11.6. The molecule has 1 fully saturated rings. The highest BCUT2D eigenvalue weighted by atomic mass is 19.1. The van der Waals surface area contributed by atoms with E-state index in [1.54, 1.807) is 12.1 Å². The van der Waals surface area contributed by atoms with Gasteiger partial charge < -0.3 is 20.4 Å². The van der Waals surface area contributed by atoms with Crippen LogP contribution < -0.4 is 15.5 Å². The zero-order valence-electron chi connectivity index (χ0n) is 14.6. The number of amides is 2. The number of carbonyl (C=O) groups excluding carboxylic acids is 1. The molecular formula is C19H23FN4O. The smallest absolute Gasteiger partial charge is 0.323 e. The number of carbonyl (C=O) groups is 1. The molecule has 0 saturated carbocycles. The van der Waals surface area contributed by atoms with Crippen LogP contribution in [0, 0.1) is 12.7 Å². The first-order valence-corrected chi connectivity index (χ1v) is 8.39. The number of halogens is 1. The van der Waals surface area contributed by atoms with Crippen LogP contribution in [-0.4, -0.2) is 44.2 Å². The van der Waals surface area contributed by atoms with Crippen LogP contribution >= 0.6 is 0 Å². The molecule has 0 bridgehead atoms. The van der Waals surface area contributed by atoms with Gasteiger partial charge in [0.25, 0.3) is 0 Å². The fourth-order valence-corrected chi connectivity index (χ4v) is 2.89. The van der Waals surface area contributed by atoms with Gasteiger partial charge in [-0.05, 0) is 49.9 Å². The number of piperazine rings is 1. The topological polar surface area (TPSA) is 47.6 Å². The van der Waals surface area contributed by atoms with Gasteiger partial charge >= 0.3 is 6.03 Å². The highest BCUT2D eigenvalue weighted by Crippen LogP contribution is 2.24. The molecule has 25 heavy (non-hydrogen) atoms. The van der Waals surface area contributed by atoms with Gasteiger partial charge in [0, 0.05) is 37.6 Å². The average Bonchev–Trinajstić information content (AvgIpc) is 2.59. The van der Waals surface area contributed by atoms with E-state index in [0.717, 1.165) is 37.4 Å². The van der Waals surface area contributed by atoms with Crippen molar-refractivity contribution in [1.29, 1.82) is 0 Å². The Bertz CT molecular complexity index is 757. The van der Waals surface area contributed by atoms with Crippen molar-refractivity contribution in [2.75, 3.05) is 48.8 Å². The van der Waals surface area contributed by atoms with Crippen molar-refractivity contribution in [3.8, 4) is 0 Å². The molecular weight excluding hydrogens is 319 g/mol. The molecule has 0 atom stereocenters. The summed E-state index contributed by atoms with van der Waals surface area (Å²) in [5, 5.41) is 5.31. The zero-order valence-corrected chi connectivity index (χ0v) is 14.6. The van der Waals surface area contributed by atoms with Crippen LogP contribution in [0.1, 0.15) is 5.56 Å². The Balaban J connectivity index is 1.65. The van der Waals surface area contributed by atoms with E-state index in [1.165, 1.54) is 12.1 Å². The number of aryl methyl sites for hydroxylation is 1. The van der Waals surface area contributed by atoms with Gasteiger partial charge in [0.05, 0.1) is 5.69 Å². The third-order valence-electron chi connectivity index (χ3n) is 4.45. The molecule has 5 nitrogen and oxygen atoms in total. The van der Waals surface area contributed by atoms with E-state index in [0.29, 0.717) is 5.69 Å². The number of hydrogen-bond donors (Lipinski definition) is 2. The normalized spacial score (nSPS) is 15.1. The number of rotatable bonds is 3. The Morgan fingerprint density at radius 1 is 1.00 bits per heavy atom. The first-order valence-electron chi connectivity index (χ1n) is 8.39. The number of nitrogens with one attached hydrogen (secondary N) is 2. The second-order valence-electron chi connectivity index (χ2n) is 6.35. The second-order valence-corrected chi connectivity index (χ2v) is 6.35. The maximum absolute atomic E-state index is 13.6. The molecule has 2 amide bonds. The van der Waals surface area contributed by atoms with E-state index in [-0.39, 0.29) is 5.69 Å². The lowest BCUT2D eigenvalue weighted by Crippen LogP contribution is -2.44. The van der Waals surface area contributed by atoms with Crippen molar-refractivity contribution < 1.29 is 9.18 Å². The summed E-state index contributed by atoms with van der Waals surface area (Å²) >= 11 is 0. The molecule has 0 aromatic heterocycles. The van der Waals surface area contributed by atoms with Gasteiger partial charge in [0.1, 0.15) is 5.82 Å². The number of urea groups is 1. The largest absolute Gasteiger partial charge is 0.369 e. The molecule has 0 spiro atoms. The third kappa shape index (κ3) is 4.28. The van der Waals surface area contributed by atoms with E-state index < -0.39 is 11.8 Å². The lowest BCUT2D eigenvalue weighted by atomic mass is 10.1. The number of anilines is 3. The molecule has 2 aromatic rings. The Kier molecular flexibility index (Phi) is 5.19. The van der Waals surface area contributed by atoms with Gasteiger partial charge in [-0.2, -0.15) is 0 Å². The lowest BCUT2D eigenvalue weighted by Gasteiger charge is -2.34. The van der Waals surface area contributed by atoms with Crippen LogP contribution in [0.2, 0.25) is 0 Å². The van der Waals surface area contributed by atoms with Gasteiger partial charge in [-0.25, -0.2) is 9.18 Å². The summed E-state index contributed by atoms with van der Waals surface area (Å²) in [7, 11) is 2.13. The van der Waals surface area contributed by atoms with Crippen LogP contribution in [0.5, 0.6) is 0 Å². The van der Waals surface area contributed by atoms with Gasteiger partial charge in [0.15, 0.2) is 0 Å². The van der Waals surface area contributed by atoms with E-state index >= 15 is 0 Å². The zero-order chi connectivity index (χ0) is 17.8. The molecule has 0 unspecified atom stereocenters. The van der Waals surface area contributed by atoms with E-state index in [4.69, 9.17) is 0 Å². The SMILES string of the molecule is Cc1cc(N2CCN(C)CC2)ccc1NC(=O)Nc1ccccc1F. The minimum absolute atomic E-state index is 0.159. The molecule has 1 aliphatic heterocycles. The van der Waals surface area contributed by atoms with Crippen molar-refractivity contribution in [2.24, 2.45) is 0 Å². The summed E-state index contributed by atoms with van der Waals surface area (Å²) in [6.07, 6.45) is 0. The van der Waals surface area contributed by atoms with Gasteiger partial charge in [0.2, 0.25) is 0 Å². The highest BCUT2D eigenvalue weighted by Gasteiger charge is 2.15.